The minimum absolute atomic E-state index is 0.0672. The third-order valence-corrected chi connectivity index (χ3v) is 3.49. The van der Waals surface area contributed by atoms with Gasteiger partial charge in [0, 0.05) is 18.0 Å². The quantitative estimate of drug-likeness (QED) is 0.648. The van der Waals surface area contributed by atoms with Crippen LogP contribution in [0, 0.1) is 0 Å². The number of fused-ring (bicyclic) bond motifs is 1. The van der Waals surface area contributed by atoms with Gasteiger partial charge in [0.25, 0.3) is 5.56 Å². The number of aromatic nitrogens is 2. The molecular weight excluding hydrogens is 365 g/mol. The lowest BCUT2D eigenvalue weighted by Crippen LogP contribution is -2.09. The van der Waals surface area contributed by atoms with Crippen LogP contribution in [0.1, 0.15) is 5.56 Å². The van der Waals surface area contributed by atoms with Crippen LogP contribution in [0.5, 0.6) is 0 Å². The maximum atomic E-state index is 12.8. The van der Waals surface area contributed by atoms with E-state index in [9.17, 15) is 18.0 Å². The largest absolute Gasteiger partial charge is 0.436 e. The molecule has 0 spiro atoms. The smallest absolute Gasteiger partial charge is 0.416 e. The number of hydrogen-bond acceptors (Lipinski definition) is 4. The van der Waals surface area contributed by atoms with E-state index in [-0.39, 0.29) is 22.4 Å². The van der Waals surface area contributed by atoms with Crippen molar-refractivity contribution >= 4 is 26.9 Å². The summed E-state index contributed by atoms with van der Waals surface area (Å²) in [4.78, 5) is 19.5. The SMILES string of the molecule is O=c1nc(-c2cccc(C(F)(F)F)c2)oc2c(Br)cncc12. The maximum Gasteiger partial charge on any atom is 0.416 e. The van der Waals surface area contributed by atoms with Crippen LogP contribution in [0.4, 0.5) is 13.2 Å². The summed E-state index contributed by atoms with van der Waals surface area (Å²) in [5.74, 6) is -0.185. The first-order chi connectivity index (χ1) is 10.4. The predicted molar refractivity (Wildman–Crippen MR) is 76.2 cm³/mol. The predicted octanol–water partition coefficient (Wildman–Crippen LogP) is 4.03. The molecule has 0 saturated carbocycles. The van der Waals surface area contributed by atoms with E-state index in [0.717, 1.165) is 12.1 Å². The molecular formula is C14H6BrF3N2O2. The Kier molecular flexibility index (Phi) is 3.48. The van der Waals surface area contributed by atoms with E-state index in [2.05, 4.69) is 25.9 Å². The van der Waals surface area contributed by atoms with Crippen molar-refractivity contribution < 1.29 is 17.6 Å². The van der Waals surface area contributed by atoms with E-state index in [4.69, 9.17) is 4.42 Å². The van der Waals surface area contributed by atoms with Gasteiger partial charge in [-0.1, -0.05) is 6.07 Å². The summed E-state index contributed by atoms with van der Waals surface area (Å²) < 4.78 is 44.1. The van der Waals surface area contributed by atoms with Crippen LogP contribution >= 0.6 is 15.9 Å². The second kappa shape index (κ2) is 5.20. The molecule has 3 rings (SSSR count). The van der Waals surface area contributed by atoms with Crippen molar-refractivity contribution in [3.05, 3.63) is 57.0 Å². The van der Waals surface area contributed by atoms with Gasteiger partial charge in [0.05, 0.1) is 10.0 Å². The Bertz CT molecular complexity index is 922. The lowest BCUT2D eigenvalue weighted by Gasteiger charge is -2.08. The van der Waals surface area contributed by atoms with Gasteiger partial charge in [-0.3, -0.25) is 9.78 Å². The van der Waals surface area contributed by atoms with Crippen LogP contribution in [-0.2, 0) is 6.18 Å². The molecule has 0 bridgehead atoms. The Morgan fingerprint density at radius 2 is 1.95 bits per heavy atom. The first kappa shape index (κ1) is 14.7. The van der Waals surface area contributed by atoms with Crippen LogP contribution in [0.15, 0.2) is 50.3 Å². The molecule has 0 unspecified atom stereocenters. The summed E-state index contributed by atoms with van der Waals surface area (Å²) in [6.07, 6.45) is -1.78. The maximum absolute atomic E-state index is 12.8. The fourth-order valence-electron chi connectivity index (χ4n) is 1.90. The minimum atomic E-state index is -4.49. The molecule has 0 fully saturated rings. The molecule has 2 aromatic heterocycles. The van der Waals surface area contributed by atoms with Crippen molar-refractivity contribution in [3.8, 4) is 11.5 Å². The average Bonchev–Trinajstić information content (AvgIpc) is 2.47. The van der Waals surface area contributed by atoms with Crippen molar-refractivity contribution in [3.63, 3.8) is 0 Å². The van der Waals surface area contributed by atoms with E-state index in [0.29, 0.717) is 4.47 Å². The average molecular weight is 371 g/mol. The van der Waals surface area contributed by atoms with Crippen LogP contribution in [-0.4, -0.2) is 9.97 Å². The number of rotatable bonds is 1. The molecule has 4 nitrogen and oxygen atoms in total. The topological polar surface area (TPSA) is 56.0 Å². The molecule has 8 heteroatoms. The van der Waals surface area contributed by atoms with E-state index < -0.39 is 17.3 Å². The van der Waals surface area contributed by atoms with Gasteiger partial charge in [-0.15, -0.1) is 0 Å². The Morgan fingerprint density at radius 1 is 1.18 bits per heavy atom. The minimum Gasteiger partial charge on any atom is -0.436 e. The molecule has 22 heavy (non-hydrogen) atoms. The van der Waals surface area contributed by atoms with Crippen molar-refractivity contribution in [2.45, 2.75) is 6.18 Å². The van der Waals surface area contributed by atoms with Gasteiger partial charge < -0.3 is 4.42 Å². The van der Waals surface area contributed by atoms with E-state index in [1.165, 1.54) is 24.5 Å². The van der Waals surface area contributed by atoms with E-state index in [1.807, 2.05) is 0 Å². The molecule has 0 amide bonds. The number of hydrogen-bond donors (Lipinski definition) is 0. The highest BCUT2D eigenvalue weighted by Gasteiger charge is 2.30. The zero-order valence-electron chi connectivity index (χ0n) is 10.7. The van der Waals surface area contributed by atoms with Gasteiger partial charge in [0.2, 0.25) is 5.89 Å². The zero-order chi connectivity index (χ0) is 15.9. The number of alkyl halides is 3. The number of benzene rings is 1. The molecule has 0 radical (unpaired) electrons. The Balaban J connectivity index is 2.23. The van der Waals surface area contributed by atoms with E-state index >= 15 is 0 Å². The number of pyridine rings is 1. The summed E-state index contributed by atoms with van der Waals surface area (Å²) in [6.45, 7) is 0. The molecule has 112 valence electrons. The van der Waals surface area contributed by atoms with Crippen LogP contribution in [0.25, 0.3) is 22.4 Å². The van der Waals surface area contributed by atoms with Gasteiger partial charge in [-0.25, -0.2) is 0 Å². The molecule has 0 aliphatic heterocycles. The highest BCUT2D eigenvalue weighted by Crippen LogP contribution is 2.32. The third-order valence-electron chi connectivity index (χ3n) is 2.92. The molecule has 3 aromatic rings. The molecule has 0 N–H and O–H groups in total. The standard InChI is InChI=1S/C14H6BrF3N2O2/c15-10-6-19-5-9-11(10)22-13(20-12(9)21)7-2-1-3-8(4-7)14(16,17)18/h1-6H. The molecule has 0 aliphatic carbocycles. The molecule has 0 aliphatic rings. The van der Waals surface area contributed by atoms with Crippen LogP contribution in [0.3, 0.4) is 0 Å². The fourth-order valence-corrected chi connectivity index (χ4v) is 2.32. The number of halogens is 4. The van der Waals surface area contributed by atoms with Gasteiger partial charge in [0.1, 0.15) is 5.39 Å². The summed E-state index contributed by atoms with van der Waals surface area (Å²) in [5, 5.41) is 0.144. The van der Waals surface area contributed by atoms with Crippen molar-refractivity contribution in [2.24, 2.45) is 0 Å². The lowest BCUT2D eigenvalue weighted by molar-refractivity contribution is -0.137. The van der Waals surface area contributed by atoms with Crippen LogP contribution < -0.4 is 5.56 Å². The second-order valence-electron chi connectivity index (χ2n) is 4.40. The monoisotopic (exact) mass is 370 g/mol. The Hall–Kier alpha value is -2.22. The molecule has 2 heterocycles. The zero-order valence-corrected chi connectivity index (χ0v) is 12.3. The van der Waals surface area contributed by atoms with Crippen molar-refractivity contribution in [1.82, 2.24) is 9.97 Å². The number of nitrogens with zero attached hydrogens (tertiary/aromatic N) is 2. The fraction of sp³-hybridized carbons (Fsp3) is 0.0714. The third kappa shape index (κ3) is 2.61. The summed E-state index contributed by atoms with van der Waals surface area (Å²) in [7, 11) is 0. The lowest BCUT2D eigenvalue weighted by atomic mass is 10.1. The summed E-state index contributed by atoms with van der Waals surface area (Å²) >= 11 is 3.18. The normalized spacial score (nSPS) is 11.8. The first-order valence-electron chi connectivity index (χ1n) is 5.98. The molecule has 0 saturated heterocycles. The summed E-state index contributed by atoms with van der Waals surface area (Å²) in [6, 6.07) is 4.43. The Morgan fingerprint density at radius 3 is 2.68 bits per heavy atom. The molecule has 0 atom stereocenters. The summed E-state index contributed by atoms with van der Waals surface area (Å²) in [5.41, 5.74) is -1.22. The highest BCUT2D eigenvalue weighted by molar-refractivity contribution is 9.10. The van der Waals surface area contributed by atoms with Gasteiger partial charge in [0.15, 0.2) is 5.58 Å². The van der Waals surface area contributed by atoms with E-state index in [1.54, 1.807) is 0 Å². The first-order valence-corrected chi connectivity index (χ1v) is 6.77. The van der Waals surface area contributed by atoms with Crippen molar-refractivity contribution in [2.75, 3.05) is 0 Å². The van der Waals surface area contributed by atoms with Crippen LogP contribution in [0.2, 0.25) is 0 Å². The second-order valence-corrected chi connectivity index (χ2v) is 5.26. The van der Waals surface area contributed by atoms with Gasteiger partial charge in [-0.05, 0) is 34.1 Å². The Labute approximate surface area is 129 Å². The highest BCUT2D eigenvalue weighted by atomic mass is 79.9. The van der Waals surface area contributed by atoms with Crippen molar-refractivity contribution in [1.29, 1.82) is 0 Å². The van der Waals surface area contributed by atoms with Gasteiger partial charge >= 0.3 is 6.18 Å². The molecule has 1 aromatic carbocycles. The van der Waals surface area contributed by atoms with Gasteiger partial charge in [-0.2, -0.15) is 18.2 Å².